The van der Waals surface area contributed by atoms with Crippen molar-refractivity contribution in [3.63, 3.8) is 0 Å². The first kappa shape index (κ1) is 20.7. The Morgan fingerprint density at radius 1 is 1.22 bits per heavy atom. The first-order chi connectivity index (χ1) is 12.8. The summed E-state index contributed by atoms with van der Waals surface area (Å²) >= 11 is 0. The maximum Gasteiger partial charge on any atom is 0.349 e. The van der Waals surface area contributed by atoms with E-state index in [9.17, 15) is 14.4 Å². The Morgan fingerprint density at radius 2 is 1.89 bits per heavy atom. The molecule has 0 saturated carbocycles. The molecule has 1 atom stereocenters. The van der Waals surface area contributed by atoms with Crippen LogP contribution in [0.4, 0.5) is 0 Å². The summed E-state index contributed by atoms with van der Waals surface area (Å²) in [6.07, 6.45) is 3.93. The van der Waals surface area contributed by atoms with Gasteiger partial charge in [-0.1, -0.05) is 6.92 Å². The van der Waals surface area contributed by atoms with Gasteiger partial charge in [0.1, 0.15) is 11.3 Å². The lowest BCUT2D eigenvalue weighted by atomic mass is 9.95. The lowest BCUT2D eigenvalue weighted by Gasteiger charge is -2.16. The lowest BCUT2D eigenvalue weighted by Crippen LogP contribution is -2.28. The van der Waals surface area contributed by atoms with Crippen LogP contribution in [0.15, 0.2) is 18.2 Å². The molecule has 0 aromatic heterocycles. The largest absolute Gasteiger partial charge is 0.496 e. The van der Waals surface area contributed by atoms with Gasteiger partial charge in [-0.3, -0.25) is 4.79 Å². The van der Waals surface area contributed by atoms with Crippen LogP contribution in [0, 0.1) is 6.92 Å². The van der Waals surface area contributed by atoms with Crippen LogP contribution >= 0.6 is 0 Å². The van der Waals surface area contributed by atoms with Gasteiger partial charge in [-0.25, -0.2) is 9.59 Å². The Labute approximate surface area is 160 Å². The number of methoxy groups -OCH3 is 1. The molecule has 6 heteroatoms. The summed E-state index contributed by atoms with van der Waals surface area (Å²) in [6.45, 7) is 8.87. The lowest BCUT2D eigenvalue weighted by molar-refractivity contribution is -0.133. The Hall–Kier alpha value is -2.63. The fourth-order valence-corrected chi connectivity index (χ4v) is 3.67. The molecule has 0 N–H and O–H groups in total. The summed E-state index contributed by atoms with van der Waals surface area (Å²) in [6, 6.07) is 1.71. The van der Waals surface area contributed by atoms with Crippen molar-refractivity contribution in [2.45, 2.75) is 46.5 Å². The van der Waals surface area contributed by atoms with Crippen LogP contribution in [0.2, 0.25) is 0 Å². The number of aryl methyl sites for hydroxylation is 1. The number of fused-ring (bicyclic) bond motifs is 1. The number of likely N-dealkylation sites (N-methyl/N-ethyl adjacent to an activating group) is 1. The van der Waals surface area contributed by atoms with E-state index in [1.807, 2.05) is 20.8 Å². The molecule has 0 fully saturated rings. The third kappa shape index (κ3) is 4.38. The van der Waals surface area contributed by atoms with Crippen LogP contribution in [0.5, 0.6) is 5.75 Å². The molecular formula is C21H27NO5. The van der Waals surface area contributed by atoms with Crippen molar-refractivity contribution >= 4 is 17.8 Å². The maximum absolute atomic E-state index is 12.5. The van der Waals surface area contributed by atoms with Gasteiger partial charge in [0, 0.05) is 25.2 Å². The van der Waals surface area contributed by atoms with E-state index in [4.69, 9.17) is 9.47 Å². The van der Waals surface area contributed by atoms with E-state index in [0.29, 0.717) is 24.8 Å². The molecule has 0 aliphatic heterocycles. The number of carbonyl (C=O) groups is 3. The molecule has 2 rings (SSSR count). The van der Waals surface area contributed by atoms with Crippen molar-refractivity contribution in [1.29, 1.82) is 0 Å². The molecule has 6 nitrogen and oxygen atoms in total. The summed E-state index contributed by atoms with van der Waals surface area (Å²) in [4.78, 5) is 37.9. The summed E-state index contributed by atoms with van der Waals surface area (Å²) in [5, 5.41) is 0. The molecular weight excluding hydrogens is 346 g/mol. The van der Waals surface area contributed by atoms with Crippen molar-refractivity contribution in [3.05, 3.63) is 40.5 Å². The molecule has 0 spiro atoms. The summed E-state index contributed by atoms with van der Waals surface area (Å²) in [7, 11) is 1.51. The SMILES string of the molecule is CCN(CC)C(=O)/C=C\C(=O)OC(=O)c1cc(C)c2c(c1OC)CCC2C. The number of esters is 2. The van der Waals surface area contributed by atoms with E-state index in [0.717, 1.165) is 36.1 Å². The number of amides is 1. The average Bonchev–Trinajstić information content (AvgIpc) is 3.03. The maximum atomic E-state index is 12.5. The van der Waals surface area contributed by atoms with Gasteiger partial charge in [0.15, 0.2) is 0 Å². The minimum absolute atomic E-state index is 0.236. The number of hydrogen-bond acceptors (Lipinski definition) is 5. The van der Waals surface area contributed by atoms with E-state index in [1.54, 1.807) is 11.0 Å². The van der Waals surface area contributed by atoms with E-state index in [2.05, 4.69) is 6.92 Å². The number of hydrogen-bond donors (Lipinski definition) is 0. The second-order valence-electron chi connectivity index (χ2n) is 6.66. The van der Waals surface area contributed by atoms with Gasteiger partial charge in [-0.2, -0.15) is 0 Å². The number of nitrogens with zero attached hydrogens (tertiary/aromatic N) is 1. The molecule has 1 unspecified atom stereocenters. The molecule has 1 aromatic rings. The predicted molar refractivity (Wildman–Crippen MR) is 102 cm³/mol. The Balaban J connectivity index is 2.18. The average molecular weight is 373 g/mol. The minimum atomic E-state index is -0.880. The zero-order chi connectivity index (χ0) is 20.1. The highest BCUT2D eigenvalue weighted by Crippen LogP contribution is 2.42. The van der Waals surface area contributed by atoms with Crippen LogP contribution in [0.25, 0.3) is 0 Å². The second-order valence-corrected chi connectivity index (χ2v) is 6.66. The van der Waals surface area contributed by atoms with Gasteiger partial charge >= 0.3 is 11.9 Å². The quantitative estimate of drug-likeness (QED) is 0.435. The van der Waals surface area contributed by atoms with Gasteiger partial charge in [-0.05, 0) is 62.3 Å². The van der Waals surface area contributed by atoms with Crippen LogP contribution in [-0.4, -0.2) is 42.9 Å². The highest BCUT2D eigenvalue weighted by Gasteiger charge is 2.29. The van der Waals surface area contributed by atoms with E-state index in [-0.39, 0.29) is 11.5 Å². The molecule has 0 saturated heterocycles. The van der Waals surface area contributed by atoms with Gasteiger partial charge in [0.05, 0.1) is 7.11 Å². The number of ether oxygens (including phenoxy) is 2. The van der Waals surface area contributed by atoms with Crippen molar-refractivity contribution in [3.8, 4) is 5.75 Å². The third-order valence-electron chi connectivity index (χ3n) is 5.00. The second kappa shape index (κ2) is 8.84. The fourth-order valence-electron chi connectivity index (χ4n) is 3.67. The zero-order valence-electron chi connectivity index (χ0n) is 16.6. The summed E-state index contributed by atoms with van der Waals surface area (Å²) < 4.78 is 10.4. The Bertz CT molecular complexity index is 777. The zero-order valence-corrected chi connectivity index (χ0v) is 16.6. The standard InChI is InChI=1S/C21H27NO5/c1-6-22(7-2)17(23)10-11-18(24)27-21(25)16-12-14(4)19-13(3)8-9-15(19)20(16)26-5/h10-13H,6-9H2,1-5H3/b11-10-. The summed E-state index contributed by atoms with van der Waals surface area (Å²) in [5.41, 5.74) is 3.44. The molecule has 27 heavy (non-hydrogen) atoms. The highest BCUT2D eigenvalue weighted by atomic mass is 16.6. The minimum Gasteiger partial charge on any atom is -0.496 e. The van der Waals surface area contributed by atoms with Crippen molar-refractivity contribution < 1.29 is 23.9 Å². The van der Waals surface area contributed by atoms with Crippen LogP contribution in [0.1, 0.15) is 60.2 Å². The molecule has 1 aliphatic carbocycles. The van der Waals surface area contributed by atoms with Gasteiger partial charge in [0.25, 0.3) is 0 Å². The molecule has 0 heterocycles. The topological polar surface area (TPSA) is 72.9 Å². The summed E-state index contributed by atoms with van der Waals surface area (Å²) in [5.74, 6) is -1.07. The molecule has 1 amide bonds. The highest BCUT2D eigenvalue weighted by molar-refractivity contribution is 6.04. The Morgan fingerprint density at radius 3 is 2.48 bits per heavy atom. The van der Waals surface area contributed by atoms with Crippen molar-refractivity contribution in [2.75, 3.05) is 20.2 Å². The smallest absolute Gasteiger partial charge is 0.349 e. The van der Waals surface area contributed by atoms with Crippen molar-refractivity contribution in [1.82, 2.24) is 4.90 Å². The first-order valence-corrected chi connectivity index (χ1v) is 9.27. The monoisotopic (exact) mass is 373 g/mol. The Kier molecular flexibility index (Phi) is 6.77. The van der Waals surface area contributed by atoms with Gasteiger partial charge in [-0.15, -0.1) is 0 Å². The number of rotatable bonds is 6. The molecule has 1 aliphatic rings. The fraction of sp³-hybridized carbons (Fsp3) is 0.476. The van der Waals surface area contributed by atoms with Crippen molar-refractivity contribution in [2.24, 2.45) is 0 Å². The predicted octanol–water partition coefficient (Wildman–Crippen LogP) is 3.16. The first-order valence-electron chi connectivity index (χ1n) is 9.27. The van der Waals surface area contributed by atoms with E-state index < -0.39 is 11.9 Å². The third-order valence-corrected chi connectivity index (χ3v) is 5.00. The number of carbonyl (C=O) groups excluding carboxylic acids is 3. The molecule has 0 radical (unpaired) electrons. The van der Waals surface area contributed by atoms with Crippen LogP contribution in [-0.2, 0) is 20.7 Å². The van der Waals surface area contributed by atoms with Gasteiger partial charge in [0.2, 0.25) is 5.91 Å². The molecule has 1 aromatic carbocycles. The van der Waals surface area contributed by atoms with Gasteiger partial charge < -0.3 is 14.4 Å². The van der Waals surface area contributed by atoms with Crippen LogP contribution < -0.4 is 4.74 Å². The van der Waals surface area contributed by atoms with E-state index in [1.165, 1.54) is 12.7 Å². The molecule has 0 bridgehead atoms. The molecule has 146 valence electrons. The normalized spacial score (nSPS) is 15.5. The van der Waals surface area contributed by atoms with E-state index >= 15 is 0 Å². The number of benzene rings is 1. The van der Waals surface area contributed by atoms with Crippen LogP contribution in [0.3, 0.4) is 0 Å².